The van der Waals surface area contributed by atoms with E-state index in [0.29, 0.717) is 11.8 Å². The number of hydrogen-bond acceptors (Lipinski definition) is 3. The summed E-state index contributed by atoms with van der Waals surface area (Å²) in [5.41, 5.74) is 1.16. The molecule has 0 saturated heterocycles. The first kappa shape index (κ1) is 13.1. The minimum absolute atomic E-state index is 0.0802. The van der Waals surface area contributed by atoms with Crippen molar-refractivity contribution in [3.8, 4) is 24.2 Å². The molecule has 1 unspecified atom stereocenters. The van der Waals surface area contributed by atoms with E-state index in [1.54, 1.807) is 0 Å². The Morgan fingerprint density at radius 1 is 1.41 bits per heavy atom. The molecule has 0 radical (unpaired) electrons. The average Bonchev–Trinajstić information content (AvgIpc) is 2.35. The number of ether oxygens (including phenoxy) is 1. The second-order valence-corrected chi connectivity index (χ2v) is 3.78. The van der Waals surface area contributed by atoms with E-state index in [4.69, 9.17) is 16.4 Å². The second kappa shape index (κ2) is 7.33. The average molecular weight is 228 g/mol. The predicted octanol–water partition coefficient (Wildman–Crippen LogP) is 2.09. The Labute approximate surface area is 102 Å². The largest absolute Gasteiger partial charge is 0.479 e. The third-order valence-electron chi connectivity index (χ3n) is 2.31. The summed E-state index contributed by atoms with van der Waals surface area (Å²) in [6, 6.07) is 9.92. The summed E-state index contributed by atoms with van der Waals surface area (Å²) >= 11 is 0. The Morgan fingerprint density at radius 2 is 2.12 bits per heavy atom. The van der Waals surface area contributed by atoms with Crippen molar-refractivity contribution in [3.63, 3.8) is 0 Å². The van der Waals surface area contributed by atoms with E-state index in [1.165, 1.54) is 0 Å². The maximum atomic E-state index is 8.38. The second-order valence-electron chi connectivity index (χ2n) is 3.78. The summed E-state index contributed by atoms with van der Waals surface area (Å²) < 4.78 is 5.17. The van der Waals surface area contributed by atoms with Crippen molar-refractivity contribution in [1.82, 2.24) is 5.32 Å². The van der Waals surface area contributed by atoms with Crippen molar-refractivity contribution >= 4 is 0 Å². The molecular formula is C14H16N2O. The number of benzene rings is 1. The van der Waals surface area contributed by atoms with Gasteiger partial charge < -0.3 is 10.1 Å². The van der Waals surface area contributed by atoms with Gasteiger partial charge in [-0.1, -0.05) is 12.1 Å². The monoisotopic (exact) mass is 228 g/mol. The Morgan fingerprint density at radius 3 is 2.71 bits per heavy atom. The maximum Gasteiger partial charge on any atom is 0.174 e. The number of nitrogens with one attached hydrogen (secondary N) is 1. The lowest BCUT2D eigenvalue weighted by Gasteiger charge is -2.11. The molecule has 0 amide bonds. The molecule has 0 aliphatic carbocycles. The number of nitrogens with zero attached hydrogens (tertiary/aromatic N) is 1. The zero-order chi connectivity index (χ0) is 12.5. The third-order valence-corrected chi connectivity index (χ3v) is 2.31. The Kier molecular flexibility index (Phi) is 5.64. The van der Waals surface area contributed by atoms with Gasteiger partial charge in [-0.05, 0) is 24.6 Å². The zero-order valence-electron chi connectivity index (χ0n) is 9.94. The molecule has 0 aliphatic rings. The molecule has 17 heavy (non-hydrogen) atoms. The summed E-state index contributed by atoms with van der Waals surface area (Å²) in [7, 11) is 0. The first-order valence-electron chi connectivity index (χ1n) is 5.51. The molecule has 0 bridgehead atoms. The SMILES string of the molecule is C#CCC(C)NCc1ccc(OCC#N)cc1. The predicted molar refractivity (Wildman–Crippen MR) is 67.3 cm³/mol. The van der Waals surface area contributed by atoms with Gasteiger partial charge in [0.1, 0.15) is 11.8 Å². The van der Waals surface area contributed by atoms with Gasteiger partial charge >= 0.3 is 0 Å². The molecule has 0 aromatic heterocycles. The molecule has 1 aromatic rings. The molecule has 0 aliphatic heterocycles. The van der Waals surface area contributed by atoms with Crippen molar-refractivity contribution in [3.05, 3.63) is 29.8 Å². The van der Waals surface area contributed by atoms with Crippen LogP contribution in [0, 0.1) is 23.7 Å². The van der Waals surface area contributed by atoms with E-state index >= 15 is 0 Å². The fourth-order valence-electron chi connectivity index (χ4n) is 1.36. The Hall–Kier alpha value is -1.97. The van der Waals surface area contributed by atoms with Gasteiger partial charge in [-0.15, -0.1) is 12.3 Å². The quantitative estimate of drug-likeness (QED) is 0.758. The maximum absolute atomic E-state index is 8.38. The minimum Gasteiger partial charge on any atom is -0.479 e. The van der Waals surface area contributed by atoms with Gasteiger partial charge in [-0.3, -0.25) is 0 Å². The van der Waals surface area contributed by atoms with Gasteiger partial charge in [-0.2, -0.15) is 5.26 Å². The first-order chi connectivity index (χ1) is 8.26. The molecule has 0 saturated carbocycles. The molecule has 1 aromatic carbocycles. The normalized spacial score (nSPS) is 11.2. The van der Waals surface area contributed by atoms with E-state index in [2.05, 4.69) is 18.2 Å². The van der Waals surface area contributed by atoms with Gasteiger partial charge in [0.15, 0.2) is 6.61 Å². The summed E-state index contributed by atoms with van der Waals surface area (Å²) in [5.74, 6) is 3.34. The smallest absolute Gasteiger partial charge is 0.174 e. The van der Waals surface area contributed by atoms with Crippen LogP contribution in [0.3, 0.4) is 0 Å². The Balaban J connectivity index is 2.41. The van der Waals surface area contributed by atoms with Crippen LogP contribution < -0.4 is 10.1 Å². The molecule has 1 N–H and O–H groups in total. The molecule has 3 heteroatoms. The van der Waals surface area contributed by atoms with E-state index in [-0.39, 0.29) is 6.61 Å². The number of hydrogen-bond donors (Lipinski definition) is 1. The molecule has 88 valence electrons. The van der Waals surface area contributed by atoms with Crippen LogP contribution in [-0.4, -0.2) is 12.6 Å². The van der Waals surface area contributed by atoms with E-state index in [1.807, 2.05) is 30.3 Å². The zero-order valence-corrected chi connectivity index (χ0v) is 9.94. The molecule has 0 spiro atoms. The number of terminal acetylenes is 1. The first-order valence-corrected chi connectivity index (χ1v) is 5.51. The summed E-state index contributed by atoms with van der Waals surface area (Å²) in [4.78, 5) is 0. The van der Waals surface area contributed by atoms with Gasteiger partial charge in [0, 0.05) is 19.0 Å². The lowest BCUT2D eigenvalue weighted by Crippen LogP contribution is -2.24. The lowest BCUT2D eigenvalue weighted by molar-refractivity contribution is 0.368. The van der Waals surface area contributed by atoms with Crippen molar-refractivity contribution in [2.45, 2.75) is 25.9 Å². The van der Waals surface area contributed by atoms with E-state index in [0.717, 1.165) is 18.5 Å². The van der Waals surface area contributed by atoms with E-state index < -0.39 is 0 Å². The molecule has 1 rings (SSSR count). The highest BCUT2D eigenvalue weighted by molar-refractivity contribution is 5.27. The summed E-state index contributed by atoms with van der Waals surface area (Å²) in [5, 5.41) is 11.7. The highest BCUT2D eigenvalue weighted by Crippen LogP contribution is 2.12. The van der Waals surface area contributed by atoms with Gasteiger partial charge in [-0.25, -0.2) is 0 Å². The topological polar surface area (TPSA) is 45.0 Å². The fourth-order valence-corrected chi connectivity index (χ4v) is 1.36. The standard InChI is InChI=1S/C14H16N2O/c1-3-4-12(2)16-11-13-5-7-14(8-6-13)17-10-9-15/h1,5-8,12,16H,4,10-11H2,2H3. The summed E-state index contributed by atoms with van der Waals surface area (Å²) in [6.45, 7) is 2.92. The van der Waals surface area contributed by atoms with E-state index in [9.17, 15) is 0 Å². The molecule has 1 atom stereocenters. The minimum atomic E-state index is 0.0802. The fraction of sp³-hybridized carbons (Fsp3) is 0.357. The van der Waals surface area contributed by atoms with Crippen molar-refractivity contribution in [1.29, 1.82) is 5.26 Å². The van der Waals surface area contributed by atoms with Crippen LogP contribution in [-0.2, 0) is 6.54 Å². The molecule has 0 heterocycles. The van der Waals surface area contributed by atoms with Crippen molar-refractivity contribution in [2.75, 3.05) is 6.61 Å². The van der Waals surface area contributed by atoms with Crippen LogP contribution in [0.5, 0.6) is 5.75 Å². The van der Waals surface area contributed by atoms with Crippen LogP contribution in [0.25, 0.3) is 0 Å². The molecule has 0 fully saturated rings. The van der Waals surface area contributed by atoms with Gasteiger partial charge in [0.05, 0.1) is 0 Å². The van der Waals surface area contributed by atoms with Crippen LogP contribution in [0.15, 0.2) is 24.3 Å². The van der Waals surface area contributed by atoms with Crippen LogP contribution in [0.2, 0.25) is 0 Å². The van der Waals surface area contributed by atoms with Crippen molar-refractivity contribution in [2.24, 2.45) is 0 Å². The lowest BCUT2D eigenvalue weighted by atomic mass is 10.2. The number of rotatable bonds is 6. The van der Waals surface area contributed by atoms with Crippen LogP contribution >= 0.6 is 0 Å². The molecular weight excluding hydrogens is 212 g/mol. The van der Waals surface area contributed by atoms with Gasteiger partial charge in [0.25, 0.3) is 0 Å². The highest BCUT2D eigenvalue weighted by Gasteiger charge is 1.99. The van der Waals surface area contributed by atoms with Gasteiger partial charge in [0.2, 0.25) is 0 Å². The molecule has 3 nitrogen and oxygen atoms in total. The summed E-state index contributed by atoms with van der Waals surface area (Å²) in [6.07, 6.45) is 5.96. The van der Waals surface area contributed by atoms with Crippen LogP contribution in [0.1, 0.15) is 18.9 Å². The third kappa shape index (κ3) is 5.06. The highest BCUT2D eigenvalue weighted by atomic mass is 16.5. The Bertz CT molecular complexity index is 411. The number of nitriles is 1. The van der Waals surface area contributed by atoms with Crippen molar-refractivity contribution < 1.29 is 4.74 Å². The van der Waals surface area contributed by atoms with Crippen LogP contribution in [0.4, 0.5) is 0 Å².